The van der Waals surface area contributed by atoms with Crippen molar-refractivity contribution in [3.05, 3.63) is 47.5 Å². The number of rotatable bonds is 5. The Kier molecular flexibility index (Phi) is 4.29. The van der Waals surface area contributed by atoms with Crippen molar-refractivity contribution < 1.29 is 14.3 Å². The van der Waals surface area contributed by atoms with E-state index < -0.39 is 0 Å². The molecule has 0 fully saturated rings. The van der Waals surface area contributed by atoms with E-state index in [1.807, 2.05) is 17.5 Å². The highest BCUT2D eigenvalue weighted by molar-refractivity contribution is 7.13. The van der Waals surface area contributed by atoms with Gasteiger partial charge >= 0.3 is 0 Å². The van der Waals surface area contributed by atoms with Gasteiger partial charge in [-0.25, -0.2) is 0 Å². The molecule has 6 nitrogen and oxygen atoms in total. The van der Waals surface area contributed by atoms with Gasteiger partial charge in [-0.05, 0) is 29.6 Å². The van der Waals surface area contributed by atoms with E-state index in [2.05, 4.69) is 15.5 Å². The quantitative estimate of drug-likeness (QED) is 0.752. The van der Waals surface area contributed by atoms with Crippen molar-refractivity contribution in [2.75, 3.05) is 19.5 Å². The van der Waals surface area contributed by atoms with Gasteiger partial charge in [-0.15, -0.1) is 11.3 Å². The Labute approximate surface area is 137 Å². The zero-order chi connectivity index (χ0) is 16.2. The molecular formula is C16H15N3O3S. The van der Waals surface area contributed by atoms with Gasteiger partial charge in [-0.2, -0.15) is 5.10 Å². The summed E-state index contributed by atoms with van der Waals surface area (Å²) in [6.07, 6.45) is 0. The minimum Gasteiger partial charge on any atom is -0.497 e. The zero-order valence-corrected chi connectivity index (χ0v) is 13.4. The zero-order valence-electron chi connectivity index (χ0n) is 12.6. The first-order chi connectivity index (χ1) is 11.2. The van der Waals surface area contributed by atoms with Crippen LogP contribution in [0.5, 0.6) is 11.5 Å². The Bertz CT molecular complexity index is 812. The number of hydrogen-bond donors (Lipinski definition) is 2. The summed E-state index contributed by atoms with van der Waals surface area (Å²) in [6, 6.07) is 10.8. The highest BCUT2D eigenvalue weighted by Crippen LogP contribution is 2.29. The van der Waals surface area contributed by atoms with Crippen molar-refractivity contribution in [1.29, 1.82) is 0 Å². The van der Waals surface area contributed by atoms with Gasteiger partial charge in [-0.1, -0.05) is 6.07 Å². The van der Waals surface area contributed by atoms with Gasteiger partial charge in [0.2, 0.25) is 0 Å². The van der Waals surface area contributed by atoms with E-state index in [-0.39, 0.29) is 5.91 Å². The van der Waals surface area contributed by atoms with Crippen LogP contribution in [0.2, 0.25) is 0 Å². The van der Waals surface area contributed by atoms with Crippen LogP contribution in [-0.2, 0) is 0 Å². The first-order valence-electron chi connectivity index (χ1n) is 6.84. The van der Waals surface area contributed by atoms with Crippen molar-refractivity contribution in [2.45, 2.75) is 0 Å². The highest BCUT2D eigenvalue weighted by Gasteiger charge is 2.14. The predicted molar refractivity (Wildman–Crippen MR) is 89.4 cm³/mol. The normalized spacial score (nSPS) is 10.3. The Morgan fingerprint density at radius 3 is 2.78 bits per heavy atom. The molecule has 0 saturated heterocycles. The average molecular weight is 329 g/mol. The van der Waals surface area contributed by atoms with Crippen molar-refractivity contribution in [3.8, 4) is 22.1 Å². The molecule has 0 spiro atoms. The van der Waals surface area contributed by atoms with Gasteiger partial charge in [0.15, 0.2) is 5.69 Å². The van der Waals surface area contributed by atoms with Gasteiger partial charge < -0.3 is 14.8 Å². The maximum Gasteiger partial charge on any atom is 0.276 e. The number of methoxy groups -OCH3 is 2. The smallest absolute Gasteiger partial charge is 0.276 e. The third-order valence-corrected chi connectivity index (χ3v) is 4.16. The summed E-state index contributed by atoms with van der Waals surface area (Å²) in [5.74, 6) is 0.860. The van der Waals surface area contributed by atoms with Gasteiger partial charge in [0, 0.05) is 6.07 Å². The molecule has 3 rings (SSSR count). The fourth-order valence-electron chi connectivity index (χ4n) is 2.08. The molecule has 0 radical (unpaired) electrons. The number of nitrogens with one attached hydrogen (secondary N) is 2. The topological polar surface area (TPSA) is 76.2 Å². The van der Waals surface area contributed by atoms with Gasteiger partial charge in [0.05, 0.1) is 30.5 Å². The van der Waals surface area contributed by atoms with Crippen molar-refractivity contribution in [3.63, 3.8) is 0 Å². The third kappa shape index (κ3) is 3.19. The fourth-order valence-corrected chi connectivity index (χ4v) is 2.78. The summed E-state index contributed by atoms with van der Waals surface area (Å²) in [5, 5.41) is 11.7. The molecule has 23 heavy (non-hydrogen) atoms. The number of H-pyrrole nitrogens is 1. The molecule has 2 N–H and O–H groups in total. The van der Waals surface area contributed by atoms with E-state index in [0.717, 1.165) is 10.6 Å². The molecule has 0 aliphatic carbocycles. The Morgan fingerprint density at radius 1 is 1.22 bits per heavy atom. The lowest BCUT2D eigenvalue weighted by molar-refractivity contribution is 0.102. The number of carbonyl (C=O) groups is 1. The summed E-state index contributed by atoms with van der Waals surface area (Å²) in [7, 11) is 3.11. The largest absolute Gasteiger partial charge is 0.497 e. The lowest BCUT2D eigenvalue weighted by atomic mass is 10.2. The van der Waals surface area contributed by atoms with E-state index in [4.69, 9.17) is 9.47 Å². The van der Waals surface area contributed by atoms with Crippen LogP contribution in [0, 0.1) is 0 Å². The number of thiophene rings is 1. The summed E-state index contributed by atoms with van der Waals surface area (Å²) in [6.45, 7) is 0. The van der Waals surface area contributed by atoms with Gasteiger partial charge in [-0.3, -0.25) is 9.89 Å². The summed E-state index contributed by atoms with van der Waals surface area (Å²) >= 11 is 1.58. The number of aromatic amines is 1. The van der Waals surface area contributed by atoms with Gasteiger partial charge in [0.25, 0.3) is 5.91 Å². The molecule has 0 aliphatic heterocycles. The molecule has 3 aromatic rings. The molecule has 1 amide bonds. The number of nitrogens with zero attached hydrogens (tertiary/aromatic N) is 1. The van der Waals surface area contributed by atoms with Crippen LogP contribution in [-0.4, -0.2) is 30.3 Å². The summed E-state index contributed by atoms with van der Waals surface area (Å²) < 4.78 is 10.4. The van der Waals surface area contributed by atoms with Crippen LogP contribution < -0.4 is 14.8 Å². The number of aromatic nitrogens is 2. The van der Waals surface area contributed by atoms with E-state index in [1.165, 1.54) is 7.11 Å². The van der Waals surface area contributed by atoms with E-state index in [1.54, 1.807) is 42.7 Å². The van der Waals surface area contributed by atoms with Crippen LogP contribution in [0.1, 0.15) is 10.5 Å². The second kappa shape index (κ2) is 6.53. The van der Waals surface area contributed by atoms with Gasteiger partial charge in [0.1, 0.15) is 11.5 Å². The second-order valence-electron chi connectivity index (χ2n) is 4.66. The van der Waals surface area contributed by atoms with E-state index in [0.29, 0.717) is 22.9 Å². The number of amides is 1. The molecule has 2 aromatic heterocycles. The standard InChI is InChI=1S/C16H15N3O3S/c1-21-10-5-6-11(14(8-10)22-2)17-16(20)13-9-12(18-19-13)15-4-3-7-23-15/h3-9H,1-2H3,(H,17,20)(H,18,19). The van der Waals surface area contributed by atoms with Crippen LogP contribution in [0.4, 0.5) is 5.69 Å². The number of anilines is 1. The minimum absolute atomic E-state index is 0.311. The Balaban J connectivity index is 1.79. The van der Waals surface area contributed by atoms with Crippen molar-refractivity contribution in [1.82, 2.24) is 10.2 Å². The Morgan fingerprint density at radius 2 is 2.09 bits per heavy atom. The maximum atomic E-state index is 12.3. The maximum absolute atomic E-state index is 12.3. The fraction of sp³-hybridized carbons (Fsp3) is 0.125. The molecule has 7 heteroatoms. The lowest BCUT2D eigenvalue weighted by Gasteiger charge is -2.10. The highest BCUT2D eigenvalue weighted by atomic mass is 32.1. The molecule has 0 atom stereocenters. The molecule has 118 valence electrons. The van der Waals surface area contributed by atoms with Crippen LogP contribution in [0.25, 0.3) is 10.6 Å². The number of hydrogen-bond acceptors (Lipinski definition) is 5. The van der Waals surface area contributed by atoms with E-state index in [9.17, 15) is 4.79 Å². The van der Waals surface area contributed by atoms with Crippen molar-refractivity contribution in [2.24, 2.45) is 0 Å². The number of ether oxygens (including phenoxy) is 2. The molecule has 2 heterocycles. The lowest BCUT2D eigenvalue weighted by Crippen LogP contribution is -2.13. The van der Waals surface area contributed by atoms with E-state index >= 15 is 0 Å². The predicted octanol–water partition coefficient (Wildman–Crippen LogP) is 3.41. The number of carbonyl (C=O) groups excluding carboxylic acids is 1. The van der Waals surface area contributed by atoms with Crippen molar-refractivity contribution >= 4 is 22.9 Å². The molecule has 0 saturated carbocycles. The second-order valence-corrected chi connectivity index (χ2v) is 5.61. The average Bonchev–Trinajstić information content (AvgIpc) is 3.26. The third-order valence-electron chi connectivity index (χ3n) is 3.25. The van der Waals surface area contributed by atoms with Crippen LogP contribution in [0.3, 0.4) is 0 Å². The number of benzene rings is 1. The van der Waals surface area contributed by atoms with Crippen LogP contribution in [0.15, 0.2) is 41.8 Å². The molecular weight excluding hydrogens is 314 g/mol. The molecule has 1 aromatic carbocycles. The first kappa shape index (κ1) is 15.1. The first-order valence-corrected chi connectivity index (χ1v) is 7.72. The minimum atomic E-state index is -0.312. The summed E-state index contributed by atoms with van der Waals surface area (Å²) in [4.78, 5) is 13.4. The van der Waals surface area contributed by atoms with Crippen LogP contribution >= 0.6 is 11.3 Å². The molecule has 0 aliphatic rings. The molecule has 0 bridgehead atoms. The summed E-state index contributed by atoms with van der Waals surface area (Å²) in [5.41, 5.74) is 1.68. The SMILES string of the molecule is COc1ccc(NC(=O)c2cc(-c3cccs3)[nH]n2)c(OC)c1. The monoisotopic (exact) mass is 329 g/mol. The Hall–Kier alpha value is -2.80. The molecule has 0 unspecified atom stereocenters.